The molecule has 0 radical (unpaired) electrons. The second-order valence-corrected chi connectivity index (χ2v) is 5.03. The molecule has 1 aromatic heterocycles. The predicted molar refractivity (Wildman–Crippen MR) is 68.4 cm³/mol. The van der Waals surface area contributed by atoms with Crippen LogP contribution in [0.5, 0.6) is 0 Å². The maximum Gasteiger partial charge on any atom is 0.417 e. The molecule has 1 fully saturated rings. The van der Waals surface area contributed by atoms with Crippen LogP contribution < -0.4 is 4.90 Å². The normalized spacial score (nSPS) is 22.6. The van der Waals surface area contributed by atoms with Crippen molar-refractivity contribution in [3.63, 3.8) is 0 Å². The van der Waals surface area contributed by atoms with Gasteiger partial charge in [0.05, 0.1) is 16.7 Å². The third kappa shape index (κ3) is 3.21. The quantitative estimate of drug-likeness (QED) is 0.925. The molecule has 116 valence electrons. The summed E-state index contributed by atoms with van der Waals surface area (Å²) in [6.45, 7) is 0.200. The molecule has 0 aromatic carbocycles. The highest BCUT2D eigenvalue weighted by molar-refractivity contribution is 6.33. The lowest BCUT2D eigenvalue weighted by atomic mass is 10.2. The molecule has 2 atom stereocenters. The molecule has 0 spiro atoms. The van der Waals surface area contributed by atoms with Crippen molar-refractivity contribution in [2.45, 2.75) is 24.7 Å². The van der Waals surface area contributed by atoms with Gasteiger partial charge in [-0.3, -0.25) is 0 Å². The standard InChI is InChI=1S/C12H12ClF3N2O3/c1-21-7-3-9(11(19)20)18(5-7)10-8(13)2-6(4-17-10)12(14,15)16/h2,4,7,9H,3,5H2,1H3,(H,19,20). The predicted octanol–water partition coefficient (Wildman–Crippen LogP) is 2.43. The van der Waals surface area contributed by atoms with Crippen molar-refractivity contribution in [1.82, 2.24) is 4.98 Å². The van der Waals surface area contributed by atoms with Gasteiger partial charge in [-0.05, 0) is 6.07 Å². The molecule has 0 bridgehead atoms. The lowest BCUT2D eigenvalue weighted by Crippen LogP contribution is -2.36. The highest BCUT2D eigenvalue weighted by Crippen LogP contribution is 2.36. The van der Waals surface area contributed by atoms with Crippen molar-refractivity contribution >= 4 is 23.4 Å². The fourth-order valence-electron chi connectivity index (χ4n) is 2.23. The minimum Gasteiger partial charge on any atom is -0.480 e. The van der Waals surface area contributed by atoms with Gasteiger partial charge in [-0.15, -0.1) is 0 Å². The fraction of sp³-hybridized carbons (Fsp3) is 0.500. The van der Waals surface area contributed by atoms with Crippen LogP contribution in [0.25, 0.3) is 0 Å². The van der Waals surface area contributed by atoms with Crippen molar-refractivity contribution in [2.75, 3.05) is 18.6 Å². The second-order valence-electron chi connectivity index (χ2n) is 4.63. The van der Waals surface area contributed by atoms with Gasteiger partial charge in [0.1, 0.15) is 11.9 Å². The summed E-state index contributed by atoms with van der Waals surface area (Å²) in [7, 11) is 1.44. The average Bonchev–Trinajstić information content (AvgIpc) is 2.81. The Morgan fingerprint density at radius 3 is 2.71 bits per heavy atom. The van der Waals surface area contributed by atoms with Crippen LogP contribution in [0.1, 0.15) is 12.0 Å². The van der Waals surface area contributed by atoms with Gasteiger partial charge in [0.15, 0.2) is 0 Å². The molecular formula is C12H12ClF3N2O3. The monoisotopic (exact) mass is 324 g/mol. The highest BCUT2D eigenvalue weighted by Gasteiger charge is 2.39. The Hall–Kier alpha value is -1.54. The lowest BCUT2D eigenvalue weighted by Gasteiger charge is -2.23. The van der Waals surface area contributed by atoms with Crippen LogP contribution in [-0.4, -0.2) is 41.9 Å². The van der Waals surface area contributed by atoms with E-state index < -0.39 is 23.8 Å². The van der Waals surface area contributed by atoms with E-state index in [1.54, 1.807) is 0 Å². The molecule has 1 saturated heterocycles. The molecule has 1 aliphatic heterocycles. The number of hydrogen-bond donors (Lipinski definition) is 1. The zero-order valence-electron chi connectivity index (χ0n) is 10.9. The van der Waals surface area contributed by atoms with Gasteiger partial charge >= 0.3 is 12.1 Å². The summed E-state index contributed by atoms with van der Waals surface area (Å²) in [6, 6.07) is -0.195. The summed E-state index contributed by atoms with van der Waals surface area (Å²) in [5, 5.41) is 8.94. The Bertz CT molecular complexity index is 553. The van der Waals surface area contributed by atoms with E-state index in [4.69, 9.17) is 16.3 Å². The summed E-state index contributed by atoms with van der Waals surface area (Å²) in [4.78, 5) is 16.3. The topological polar surface area (TPSA) is 62.7 Å². The van der Waals surface area contributed by atoms with E-state index in [1.165, 1.54) is 12.0 Å². The van der Waals surface area contributed by atoms with Gasteiger partial charge in [0.25, 0.3) is 0 Å². The third-order valence-electron chi connectivity index (χ3n) is 3.30. The van der Waals surface area contributed by atoms with E-state index in [1.807, 2.05) is 0 Å². The molecule has 0 aliphatic carbocycles. The molecule has 5 nitrogen and oxygen atoms in total. The summed E-state index contributed by atoms with van der Waals surface area (Å²) < 4.78 is 42.8. The molecule has 1 N–H and O–H groups in total. The molecule has 2 rings (SSSR count). The SMILES string of the molecule is COC1CC(C(=O)O)N(c2ncc(C(F)(F)F)cc2Cl)C1. The Morgan fingerprint density at radius 1 is 1.57 bits per heavy atom. The van der Waals surface area contributed by atoms with E-state index in [0.717, 1.165) is 6.07 Å². The minimum atomic E-state index is -4.55. The number of alkyl halides is 3. The Labute approximate surface area is 123 Å². The van der Waals surface area contributed by atoms with Crippen LogP contribution in [0.2, 0.25) is 5.02 Å². The lowest BCUT2D eigenvalue weighted by molar-refractivity contribution is -0.139. The number of carboxylic acids is 1. The highest BCUT2D eigenvalue weighted by atomic mass is 35.5. The maximum atomic E-state index is 12.6. The van der Waals surface area contributed by atoms with Crippen molar-refractivity contribution in [3.8, 4) is 0 Å². The molecule has 2 unspecified atom stereocenters. The van der Waals surface area contributed by atoms with Gasteiger partial charge < -0.3 is 14.7 Å². The summed E-state index contributed by atoms with van der Waals surface area (Å²) in [5.41, 5.74) is -0.981. The van der Waals surface area contributed by atoms with Crippen LogP contribution in [0.3, 0.4) is 0 Å². The van der Waals surface area contributed by atoms with E-state index in [2.05, 4.69) is 4.98 Å². The molecular weight excluding hydrogens is 313 g/mol. The zero-order valence-corrected chi connectivity index (χ0v) is 11.6. The van der Waals surface area contributed by atoms with Gasteiger partial charge in [-0.25, -0.2) is 9.78 Å². The van der Waals surface area contributed by atoms with E-state index in [0.29, 0.717) is 6.20 Å². The van der Waals surface area contributed by atoms with Gasteiger partial charge in [-0.2, -0.15) is 13.2 Å². The number of carboxylic acid groups (broad SMARTS) is 1. The van der Waals surface area contributed by atoms with Gasteiger partial charge in [0.2, 0.25) is 0 Å². The van der Waals surface area contributed by atoms with Crippen molar-refractivity contribution in [1.29, 1.82) is 0 Å². The van der Waals surface area contributed by atoms with Crippen LogP contribution in [0.4, 0.5) is 19.0 Å². The van der Waals surface area contributed by atoms with Crippen LogP contribution in [0, 0.1) is 0 Å². The number of aromatic nitrogens is 1. The van der Waals surface area contributed by atoms with E-state index >= 15 is 0 Å². The minimum absolute atomic E-state index is 0.0108. The van der Waals surface area contributed by atoms with Crippen LogP contribution in [-0.2, 0) is 15.7 Å². The average molecular weight is 325 g/mol. The van der Waals surface area contributed by atoms with Crippen molar-refractivity contribution in [3.05, 3.63) is 22.8 Å². The number of methoxy groups -OCH3 is 1. The first-order valence-corrected chi connectivity index (χ1v) is 6.36. The number of nitrogens with zero attached hydrogens (tertiary/aromatic N) is 2. The molecule has 2 heterocycles. The number of pyridine rings is 1. The number of ether oxygens (including phenoxy) is 1. The Kier molecular flexibility index (Phi) is 4.29. The number of carbonyl (C=O) groups is 1. The molecule has 1 aliphatic rings. The smallest absolute Gasteiger partial charge is 0.417 e. The maximum absolute atomic E-state index is 12.6. The van der Waals surface area contributed by atoms with Crippen LogP contribution in [0.15, 0.2) is 12.3 Å². The number of hydrogen-bond acceptors (Lipinski definition) is 4. The fourth-order valence-corrected chi connectivity index (χ4v) is 2.51. The first kappa shape index (κ1) is 15.8. The second kappa shape index (κ2) is 5.69. The molecule has 9 heteroatoms. The van der Waals surface area contributed by atoms with Gasteiger partial charge in [-0.1, -0.05) is 11.6 Å². The molecule has 0 saturated carbocycles. The Morgan fingerprint density at radius 2 is 2.24 bits per heavy atom. The summed E-state index contributed by atoms with van der Waals surface area (Å²) >= 11 is 5.84. The van der Waals surface area contributed by atoms with Crippen molar-refractivity contribution < 1.29 is 27.8 Å². The largest absolute Gasteiger partial charge is 0.480 e. The first-order chi connectivity index (χ1) is 9.74. The van der Waals surface area contributed by atoms with E-state index in [-0.39, 0.29) is 29.9 Å². The number of anilines is 1. The molecule has 1 aromatic rings. The van der Waals surface area contributed by atoms with Gasteiger partial charge in [0, 0.05) is 26.3 Å². The summed E-state index contributed by atoms with van der Waals surface area (Å²) in [6.07, 6.45) is -4.04. The molecule has 0 amide bonds. The van der Waals surface area contributed by atoms with Crippen molar-refractivity contribution in [2.24, 2.45) is 0 Å². The Balaban J connectivity index is 2.34. The first-order valence-electron chi connectivity index (χ1n) is 5.99. The molecule has 21 heavy (non-hydrogen) atoms. The van der Waals surface area contributed by atoms with E-state index in [9.17, 15) is 23.1 Å². The number of rotatable bonds is 3. The third-order valence-corrected chi connectivity index (χ3v) is 3.58. The number of halogens is 4. The number of aliphatic carboxylic acids is 1. The van der Waals surface area contributed by atoms with Crippen LogP contribution >= 0.6 is 11.6 Å². The zero-order chi connectivity index (χ0) is 15.8. The summed E-state index contributed by atoms with van der Waals surface area (Å²) in [5.74, 6) is -1.09.